The van der Waals surface area contributed by atoms with Gasteiger partial charge in [-0.2, -0.15) is 5.26 Å². The summed E-state index contributed by atoms with van der Waals surface area (Å²) in [6.45, 7) is 0.322. The Kier molecular flexibility index (Phi) is 3.88. The van der Waals surface area contributed by atoms with Gasteiger partial charge in [-0.25, -0.2) is 4.79 Å². The van der Waals surface area contributed by atoms with E-state index in [2.05, 4.69) is 21.2 Å². The Labute approximate surface area is 117 Å². The summed E-state index contributed by atoms with van der Waals surface area (Å²) in [6.07, 6.45) is 1.34. The van der Waals surface area contributed by atoms with E-state index in [9.17, 15) is 4.79 Å². The van der Waals surface area contributed by atoms with Crippen LogP contribution < -0.4 is 5.32 Å². The average molecular weight is 321 g/mol. The maximum absolute atomic E-state index is 10.9. The molecule has 0 saturated heterocycles. The van der Waals surface area contributed by atoms with Crippen molar-refractivity contribution in [2.75, 3.05) is 5.32 Å². The van der Waals surface area contributed by atoms with Crippen molar-refractivity contribution in [1.29, 1.82) is 5.26 Å². The Morgan fingerprint density at radius 1 is 1.47 bits per heavy atom. The van der Waals surface area contributed by atoms with E-state index in [1.54, 1.807) is 24.3 Å². The lowest BCUT2D eigenvalue weighted by Crippen LogP contribution is -2.05. The fraction of sp³-hybridized carbons (Fsp3) is 0.0769. The third-order valence-corrected chi connectivity index (χ3v) is 3.16. The molecule has 1 heterocycles. The first kappa shape index (κ1) is 13.2. The lowest BCUT2D eigenvalue weighted by atomic mass is 10.2. The molecule has 0 aliphatic rings. The first-order valence-electron chi connectivity index (χ1n) is 5.35. The molecule has 0 aliphatic carbocycles. The molecule has 0 saturated carbocycles. The number of carboxylic acid groups (broad SMARTS) is 1. The van der Waals surface area contributed by atoms with E-state index in [0.717, 1.165) is 10.2 Å². The van der Waals surface area contributed by atoms with Gasteiger partial charge in [-0.05, 0) is 40.2 Å². The zero-order valence-corrected chi connectivity index (χ0v) is 11.3. The normalized spacial score (nSPS) is 9.89. The number of halogens is 1. The molecule has 96 valence electrons. The van der Waals surface area contributed by atoms with Crippen molar-refractivity contribution in [3.05, 3.63) is 51.9 Å². The molecule has 0 unspecified atom stereocenters. The van der Waals surface area contributed by atoms with Crippen LogP contribution in [0.5, 0.6) is 0 Å². The highest BCUT2D eigenvalue weighted by molar-refractivity contribution is 9.10. The number of hydrogen-bond acceptors (Lipinski definition) is 4. The fourth-order valence-corrected chi connectivity index (χ4v) is 2.10. The number of hydrogen-bond donors (Lipinski definition) is 2. The summed E-state index contributed by atoms with van der Waals surface area (Å²) in [6, 6.07) is 8.77. The van der Waals surface area contributed by atoms with Crippen LogP contribution in [-0.4, -0.2) is 11.1 Å². The van der Waals surface area contributed by atoms with Crippen molar-refractivity contribution in [1.82, 2.24) is 0 Å². The van der Waals surface area contributed by atoms with Crippen LogP contribution in [0.15, 0.2) is 39.4 Å². The van der Waals surface area contributed by atoms with E-state index in [0.29, 0.717) is 17.7 Å². The standard InChI is InChI=1S/C13H9BrN2O3/c14-10-5-8(6-15)1-2-11(10)16-7-9-3-4-19-12(9)13(17)18/h1-5,16H,7H2,(H,17,18). The van der Waals surface area contributed by atoms with Crippen LogP contribution in [-0.2, 0) is 6.54 Å². The van der Waals surface area contributed by atoms with Gasteiger partial charge < -0.3 is 14.8 Å². The molecule has 2 rings (SSSR count). The second-order valence-electron chi connectivity index (χ2n) is 3.74. The molecule has 1 aromatic carbocycles. The second-order valence-corrected chi connectivity index (χ2v) is 4.59. The third-order valence-electron chi connectivity index (χ3n) is 2.51. The molecule has 2 N–H and O–H groups in total. The molecule has 0 radical (unpaired) electrons. The van der Waals surface area contributed by atoms with Crippen LogP contribution in [0.4, 0.5) is 5.69 Å². The molecule has 0 aliphatic heterocycles. The quantitative estimate of drug-likeness (QED) is 0.903. The first-order valence-corrected chi connectivity index (χ1v) is 6.14. The molecule has 0 atom stereocenters. The largest absolute Gasteiger partial charge is 0.475 e. The number of carbonyl (C=O) groups is 1. The highest BCUT2D eigenvalue weighted by Gasteiger charge is 2.13. The topological polar surface area (TPSA) is 86.3 Å². The van der Waals surface area contributed by atoms with Crippen molar-refractivity contribution in [3.63, 3.8) is 0 Å². The first-order chi connectivity index (χ1) is 9.11. The number of carboxylic acids is 1. The van der Waals surface area contributed by atoms with E-state index >= 15 is 0 Å². The van der Waals surface area contributed by atoms with E-state index in [1.807, 2.05) is 6.07 Å². The van der Waals surface area contributed by atoms with Crippen molar-refractivity contribution in [3.8, 4) is 6.07 Å². The van der Waals surface area contributed by atoms with E-state index in [1.165, 1.54) is 6.26 Å². The second kappa shape index (κ2) is 5.59. The van der Waals surface area contributed by atoms with Crippen molar-refractivity contribution in [2.24, 2.45) is 0 Å². The molecule has 0 spiro atoms. The van der Waals surface area contributed by atoms with Gasteiger partial charge >= 0.3 is 5.97 Å². The Morgan fingerprint density at radius 2 is 2.26 bits per heavy atom. The lowest BCUT2D eigenvalue weighted by Gasteiger charge is -2.08. The van der Waals surface area contributed by atoms with E-state index < -0.39 is 5.97 Å². The number of rotatable bonds is 4. The molecule has 0 bridgehead atoms. The third kappa shape index (κ3) is 2.95. The van der Waals surface area contributed by atoms with Gasteiger partial charge in [-0.1, -0.05) is 0 Å². The smallest absolute Gasteiger partial charge is 0.372 e. The van der Waals surface area contributed by atoms with Gasteiger partial charge in [0.15, 0.2) is 0 Å². The van der Waals surface area contributed by atoms with Crippen molar-refractivity contribution in [2.45, 2.75) is 6.54 Å². The molecule has 6 heteroatoms. The van der Waals surface area contributed by atoms with Gasteiger partial charge in [0.2, 0.25) is 5.76 Å². The highest BCUT2D eigenvalue weighted by Crippen LogP contribution is 2.24. The SMILES string of the molecule is N#Cc1ccc(NCc2ccoc2C(=O)O)c(Br)c1. The van der Waals surface area contributed by atoms with Gasteiger partial charge in [-0.15, -0.1) is 0 Å². The van der Waals surface area contributed by atoms with Gasteiger partial charge in [-0.3, -0.25) is 0 Å². The van der Waals surface area contributed by atoms with E-state index in [4.69, 9.17) is 14.8 Å². The molecule has 0 fully saturated rings. The number of aromatic carboxylic acids is 1. The minimum Gasteiger partial charge on any atom is -0.475 e. The van der Waals surface area contributed by atoms with Crippen LogP contribution in [0.1, 0.15) is 21.7 Å². The van der Waals surface area contributed by atoms with Crippen LogP contribution in [0, 0.1) is 11.3 Å². The van der Waals surface area contributed by atoms with Crippen LogP contribution in [0.2, 0.25) is 0 Å². The summed E-state index contributed by atoms with van der Waals surface area (Å²) in [4.78, 5) is 10.9. The lowest BCUT2D eigenvalue weighted by molar-refractivity contribution is 0.0661. The van der Waals surface area contributed by atoms with Gasteiger partial charge in [0.1, 0.15) is 0 Å². The Balaban J connectivity index is 2.13. The fourth-order valence-electron chi connectivity index (χ4n) is 1.58. The number of nitriles is 1. The van der Waals surface area contributed by atoms with Gasteiger partial charge in [0.05, 0.1) is 17.9 Å². The van der Waals surface area contributed by atoms with Gasteiger partial charge in [0.25, 0.3) is 0 Å². The summed E-state index contributed by atoms with van der Waals surface area (Å²) < 4.78 is 5.63. The van der Waals surface area contributed by atoms with Crippen LogP contribution in [0.3, 0.4) is 0 Å². The Hall–Kier alpha value is -2.26. The summed E-state index contributed by atoms with van der Waals surface area (Å²) in [5, 5.41) is 20.8. The Bertz CT molecular complexity index is 658. The number of benzene rings is 1. The summed E-state index contributed by atoms with van der Waals surface area (Å²) >= 11 is 3.35. The number of anilines is 1. The zero-order chi connectivity index (χ0) is 13.8. The predicted molar refractivity (Wildman–Crippen MR) is 71.9 cm³/mol. The summed E-state index contributed by atoms with van der Waals surface area (Å²) in [7, 11) is 0. The predicted octanol–water partition coefficient (Wildman–Crippen LogP) is 3.22. The van der Waals surface area contributed by atoms with Gasteiger partial charge in [0, 0.05) is 22.3 Å². The Morgan fingerprint density at radius 3 is 2.89 bits per heavy atom. The van der Waals surface area contributed by atoms with E-state index in [-0.39, 0.29) is 5.76 Å². The maximum Gasteiger partial charge on any atom is 0.372 e. The highest BCUT2D eigenvalue weighted by atomic mass is 79.9. The molecular weight excluding hydrogens is 312 g/mol. The van der Waals surface area contributed by atoms with Crippen LogP contribution >= 0.6 is 15.9 Å². The zero-order valence-electron chi connectivity index (χ0n) is 9.68. The molecule has 1 aromatic heterocycles. The summed E-state index contributed by atoms with van der Waals surface area (Å²) in [5.41, 5.74) is 1.88. The van der Waals surface area contributed by atoms with Crippen molar-refractivity contribution >= 4 is 27.6 Å². The number of nitrogens with zero attached hydrogens (tertiary/aromatic N) is 1. The maximum atomic E-state index is 10.9. The number of furan rings is 1. The molecule has 19 heavy (non-hydrogen) atoms. The van der Waals surface area contributed by atoms with Crippen molar-refractivity contribution < 1.29 is 14.3 Å². The minimum absolute atomic E-state index is 0.0720. The average Bonchev–Trinajstić information content (AvgIpc) is 2.85. The molecule has 0 amide bonds. The molecule has 2 aromatic rings. The monoisotopic (exact) mass is 320 g/mol. The number of nitrogens with one attached hydrogen (secondary N) is 1. The molecular formula is C13H9BrN2O3. The van der Waals surface area contributed by atoms with Crippen LogP contribution in [0.25, 0.3) is 0 Å². The minimum atomic E-state index is -1.10. The molecule has 5 nitrogen and oxygen atoms in total. The summed E-state index contributed by atoms with van der Waals surface area (Å²) in [5.74, 6) is -1.17.